The third kappa shape index (κ3) is 2.07. The van der Waals surface area contributed by atoms with Gasteiger partial charge in [0, 0.05) is 5.41 Å². The fourth-order valence-electron chi connectivity index (χ4n) is 3.29. The highest BCUT2D eigenvalue weighted by Gasteiger charge is 2.47. The predicted octanol–water partition coefficient (Wildman–Crippen LogP) is 3.47. The van der Waals surface area contributed by atoms with Crippen LogP contribution >= 0.6 is 0 Å². The number of allylic oxidation sites excluding steroid dienone is 1. The van der Waals surface area contributed by atoms with Gasteiger partial charge >= 0.3 is 5.97 Å². The molecule has 1 aliphatic rings. The molecule has 96 valence electrons. The van der Waals surface area contributed by atoms with Gasteiger partial charge in [0.2, 0.25) is 0 Å². The molecule has 0 aromatic heterocycles. The molecule has 1 aliphatic carbocycles. The number of ether oxygens (including phenoxy) is 1. The van der Waals surface area contributed by atoms with Crippen molar-refractivity contribution in [1.82, 2.24) is 0 Å². The molecule has 2 rings (SSSR count). The van der Waals surface area contributed by atoms with Crippen molar-refractivity contribution in [1.29, 1.82) is 0 Å². The maximum Gasteiger partial charge on any atom is 0.309 e. The largest absolute Gasteiger partial charge is 0.469 e. The van der Waals surface area contributed by atoms with Crippen LogP contribution in [-0.2, 0) is 14.9 Å². The minimum absolute atomic E-state index is 0.0390. The summed E-state index contributed by atoms with van der Waals surface area (Å²) >= 11 is 0. The van der Waals surface area contributed by atoms with Crippen LogP contribution in [0.15, 0.2) is 43.0 Å². The quantitative estimate of drug-likeness (QED) is 0.599. The van der Waals surface area contributed by atoms with Gasteiger partial charge in [0.05, 0.1) is 13.0 Å². The third-order valence-corrected chi connectivity index (χ3v) is 4.13. The molecule has 18 heavy (non-hydrogen) atoms. The minimum atomic E-state index is -0.115. The van der Waals surface area contributed by atoms with E-state index in [0.29, 0.717) is 0 Å². The Morgan fingerprint density at radius 3 is 2.83 bits per heavy atom. The van der Waals surface area contributed by atoms with Gasteiger partial charge in [0.25, 0.3) is 0 Å². The molecule has 2 unspecified atom stereocenters. The van der Waals surface area contributed by atoms with Crippen molar-refractivity contribution < 1.29 is 9.53 Å². The summed E-state index contributed by atoms with van der Waals surface area (Å²) in [5.41, 5.74) is 1.12. The van der Waals surface area contributed by atoms with Crippen molar-refractivity contribution in [3.8, 4) is 0 Å². The summed E-state index contributed by atoms with van der Waals surface area (Å²) in [5.74, 6) is -0.124. The third-order valence-electron chi connectivity index (χ3n) is 4.13. The number of rotatable bonds is 4. The van der Waals surface area contributed by atoms with Gasteiger partial charge in [0.15, 0.2) is 0 Å². The Kier molecular flexibility index (Phi) is 3.85. The molecule has 1 fully saturated rings. The number of carbonyl (C=O) groups is 1. The molecule has 0 bridgehead atoms. The van der Waals surface area contributed by atoms with E-state index in [-0.39, 0.29) is 17.3 Å². The summed E-state index contributed by atoms with van der Waals surface area (Å²) in [6.45, 7) is 3.86. The van der Waals surface area contributed by atoms with Gasteiger partial charge in [-0.1, -0.05) is 42.8 Å². The van der Waals surface area contributed by atoms with Crippen molar-refractivity contribution in [2.45, 2.75) is 31.1 Å². The molecule has 2 nitrogen and oxygen atoms in total. The van der Waals surface area contributed by atoms with E-state index in [1.807, 2.05) is 24.3 Å². The summed E-state index contributed by atoms with van der Waals surface area (Å²) in [7, 11) is 1.48. The van der Waals surface area contributed by atoms with Gasteiger partial charge in [-0.2, -0.15) is 0 Å². The van der Waals surface area contributed by atoms with Crippen molar-refractivity contribution in [2.24, 2.45) is 5.92 Å². The van der Waals surface area contributed by atoms with Gasteiger partial charge in [-0.25, -0.2) is 0 Å². The smallest absolute Gasteiger partial charge is 0.309 e. The van der Waals surface area contributed by atoms with Crippen molar-refractivity contribution >= 4 is 5.97 Å². The Morgan fingerprint density at radius 1 is 1.50 bits per heavy atom. The highest BCUT2D eigenvalue weighted by atomic mass is 16.5. The first kappa shape index (κ1) is 12.9. The van der Waals surface area contributed by atoms with Crippen LogP contribution in [0.5, 0.6) is 0 Å². The molecule has 0 amide bonds. The van der Waals surface area contributed by atoms with Crippen LogP contribution in [0.4, 0.5) is 0 Å². The fraction of sp³-hybridized carbons (Fsp3) is 0.438. The van der Waals surface area contributed by atoms with Gasteiger partial charge in [-0.3, -0.25) is 4.79 Å². The molecule has 0 spiro atoms. The molecule has 0 saturated heterocycles. The molecule has 2 heteroatoms. The maximum atomic E-state index is 12.0. The number of benzene rings is 1. The second kappa shape index (κ2) is 5.38. The SMILES string of the molecule is C=CCC1(c2ccccc2)CCCC1C(=O)OC. The number of carbonyl (C=O) groups excluding carboxylic acids is 1. The second-order valence-electron chi connectivity index (χ2n) is 4.98. The lowest BCUT2D eigenvalue weighted by atomic mass is 9.70. The van der Waals surface area contributed by atoms with Gasteiger partial charge < -0.3 is 4.74 Å². The monoisotopic (exact) mass is 244 g/mol. The minimum Gasteiger partial charge on any atom is -0.469 e. The zero-order chi connectivity index (χ0) is 13.0. The highest BCUT2D eigenvalue weighted by Crippen LogP contribution is 2.48. The van der Waals surface area contributed by atoms with E-state index in [4.69, 9.17) is 4.74 Å². The lowest BCUT2D eigenvalue weighted by molar-refractivity contribution is -0.147. The first-order valence-corrected chi connectivity index (χ1v) is 6.49. The van der Waals surface area contributed by atoms with Crippen molar-refractivity contribution in [3.63, 3.8) is 0 Å². The van der Waals surface area contributed by atoms with E-state index in [0.717, 1.165) is 25.7 Å². The standard InChI is InChI=1S/C16H20O2/c1-3-11-16(13-8-5-4-6-9-13)12-7-10-14(16)15(17)18-2/h3-6,8-9,14H,1,7,10-12H2,2H3. The molecule has 1 aromatic carbocycles. The Hall–Kier alpha value is -1.57. The average molecular weight is 244 g/mol. The van der Waals surface area contributed by atoms with Gasteiger partial charge in [0.1, 0.15) is 0 Å². The maximum absolute atomic E-state index is 12.0. The average Bonchev–Trinajstić information content (AvgIpc) is 2.84. The molecule has 0 radical (unpaired) electrons. The van der Waals surface area contributed by atoms with Crippen LogP contribution in [0.1, 0.15) is 31.2 Å². The Labute approximate surface area is 109 Å². The summed E-state index contributed by atoms with van der Waals surface area (Å²) in [6.07, 6.45) is 5.77. The molecule has 2 atom stereocenters. The van der Waals surface area contributed by atoms with E-state index in [9.17, 15) is 4.79 Å². The first-order chi connectivity index (χ1) is 8.74. The van der Waals surface area contributed by atoms with Crippen LogP contribution in [0.25, 0.3) is 0 Å². The summed E-state index contributed by atoms with van der Waals surface area (Å²) < 4.78 is 4.98. The summed E-state index contributed by atoms with van der Waals surface area (Å²) in [6, 6.07) is 10.3. The molecule has 1 saturated carbocycles. The topological polar surface area (TPSA) is 26.3 Å². The van der Waals surface area contributed by atoms with Gasteiger partial charge in [-0.05, 0) is 24.8 Å². The zero-order valence-electron chi connectivity index (χ0n) is 10.9. The van der Waals surface area contributed by atoms with Gasteiger partial charge in [-0.15, -0.1) is 6.58 Å². The lowest BCUT2D eigenvalue weighted by Crippen LogP contribution is -2.35. The van der Waals surface area contributed by atoms with Crippen molar-refractivity contribution in [3.05, 3.63) is 48.6 Å². The van der Waals surface area contributed by atoms with E-state index in [1.54, 1.807) is 0 Å². The zero-order valence-corrected chi connectivity index (χ0v) is 10.9. The molecule has 0 N–H and O–H groups in total. The summed E-state index contributed by atoms with van der Waals surface area (Å²) in [5, 5.41) is 0. The lowest BCUT2D eigenvalue weighted by Gasteiger charge is -2.34. The van der Waals surface area contributed by atoms with E-state index >= 15 is 0 Å². The Morgan fingerprint density at radius 2 is 2.22 bits per heavy atom. The Balaban J connectivity index is 2.43. The van der Waals surface area contributed by atoms with E-state index < -0.39 is 0 Å². The molecule has 0 heterocycles. The molecular weight excluding hydrogens is 224 g/mol. The number of methoxy groups -OCH3 is 1. The molecule has 0 aliphatic heterocycles. The van der Waals surface area contributed by atoms with E-state index in [2.05, 4.69) is 18.7 Å². The normalized spacial score (nSPS) is 26.8. The first-order valence-electron chi connectivity index (χ1n) is 6.49. The van der Waals surface area contributed by atoms with E-state index in [1.165, 1.54) is 12.7 Å². The number of hydrogen-bond acceptors (Lipinski definition) is 2. The fourth-order valence-corrected chi connectivity index (χ4v) is 3.29. The van der Waals surface area contributed by atoms with Crippen LogP contribution in [0.3, 0.4) is 0 Å². The van der Waals surface area contributed by atoms with Crippen LogP contribution in [0, 0.1) is 5.92 Å². The number of hydrogen-bond donors (Lipinski definition) is 0. The molecular formula is C16H20O2. The number of esters is 1. The van der Waals surface area contributed by atoms with Crippen LogP contribution in [0.2, 0.25) is 0 Å². The van der Waals surface area contributed by atoms with Crippen LogP contribution in [-0.4, -0.2) is 13.1 Å². The predicted molar refractivity (Wildman–Crippen MR) is 72.3 cm³/mol. The highest BCUT2D eigenvalue weighted by molar-refractivity contribution is 5.75. The second-order valence-corrected chi connectivity index (χ2v) is 4.98. The molecule has 1 aromatic rings. The van der Waals surface area contributed by atoms with Crippen LogP contribution < -0.4 is 0 Å². The summed E-state index contributed by atoms with van der Waals surface area (Å²) in [4.78, 5) is 12.0. The van der Waals surface area contributed by atoms with Crippen molar-refractivity contribution in [2.75, 3.05) is 7.11 Å². The Bertz CT molecular complexity index is 424.